The van der Waals surface area contributed by atoms with Crippen molar-refractivity contribution in [3.8, 4) is 22.6 Å². The van der Waals surface area contributed by atoms with Gasteiger partial charge in [0.15, 0.2) is 0 Å². The Morgan fingerprint density at radius 1 is 0.923 bits per heavy atom. The molecule has 0 spiro atoms. The second kappa shape index (κ2) is 9.28. The Morgan fingerprint density at radius 2 is 1.62 bits per heavy atom. The van der Waals surface area contributed by atoms with E-state index in [4.69, 9.17) is 9.47 Å². The molecule has 0 aromatic heterocycles. The summed E-state index contributed by atoms with van der Waals surface area (Å²) in [6, 6.07) is 14.5. The van der Waals surface area contributed by atoms with Crippen molar-refractivity contribution in [2.45, 2.75) is 40.5 Å². The molecule has 2 nitrogen and oxygen atoms in total. The summed E-state index contributed by atoms with van der Waals surface area (Å²) in [6.07, 6.45) is 4.39. The van der Waals surface area contributed by atoms with E-state index in [9.17, 15) is 0 Å². The van der Waals surface area contributed by atoms with Gasteiger partial charge >= 0.3 is 0 Å². The van der Waals surface area contributed by atoms with Gasteiger partial charge in [0.05, 0.1) is 14.2 Å². The summed E-state index contributed by atoms with van der Waals surface area (Å²) < 4.78 is 11.2. The number of hydrogen-bond donors (Lipinski definition) is 0. The van der Waals surface area contributed by atoms with Crippen LogP contribution >= 0.6 is 0 Å². The third-order valence-corrected chi connectivity index (χ3v) is 4.70. The van der Waals surface area contributed by atoms with Crippen molar-refractivity contribution in [1.29, 1.82) is 0 Å². The Labute approximate surface area is 158 Å². The van der Waals surface area contributed by atoms with Crippen LogP contribution in [-0.2, 0) is 0 Å². The fourth-order valence-corrected chi connectivity index (χ4v) is 3.08. The first-order valence-corrected chi connectivity index (χ1v) is 9.09. The van der Waals surface area contributed by atoms with Gasteiger partial charge in [-0.15, -0.1) is 0 Å². The zero-order chi connectivity index (χ0) is 19.1. The topological polar surface area (TPSA) is 18.5 Å². The van der Waals surface area contributed by atoms with Crippen LogP contribution in [0.3, 0.4) is 0 Å². The minimum atomic E-state index is 0.805. The molecule has 2 aromatic rings. The fraction of sp³-hybridized carbons (Fsp3) is 0.333. The summed E-state index contributed by atoms with van der Waals surface area (Å²) in [4.78, 5) is 0. The minimum absolute atomic E-state index is 0.805. The second-order valence-corrected chi connectivity index (χ2v) is 6.84. The summed E-state index contributed by atoms with van der Waals surface area (Å²) in [5.41, 5.74) is 7.46. The number of benzene rings is 2. The van der Waals surface area contributed by atoms with Crippen molar-refractivity contribution in [3.63, 3.8) is 0 Å². The lowest BCUT2D eigenvalue weighted by Gasteiger charge is -2.19. The number of ether oxygens (including phenoxy) is 2. The van der Waals surface area contributed by atoms with E-state index in [1.807, 2.05) is 12.1 Å². The molecule has 0 heterocycles. The Balaban J connectivity index is 2.60. The Morgan fingerprint density at radius 3 is 2.19 bits per heavy atom. The maximum Gasteiger partial charge on any atom is 0.130 e. The normalized spacial score (nSPS) is 11.6. The van der Waals surface area contributed by atoms with Crippen molar-refractivity contribution in [1.82, 2.24) is 0 Å². The molecule has 0 bridgehead atoms. The maximum atomic E-state index is 5.74. The first kappa shape index (κ1) is 19.8. The van der Waals surface area contributed by atoms with Crippen molar-refractivity contribution in [2.75, 3.05) is 14.2 Å². The van der Waals surface area contributed by atoms with Crippen molar-refractivity contribution in [2.24, 2.45) is 0 Å². The number of rotatable bonds is 7. The highest BCUT2D eigenvalue weighted by atomic mass is 16.5. The van der Waals surface area contributed by atoms with Gasteiger partial charge in [-0.25, -0.2) is 0 Å². The molecule has 0 N–H and O–H groups in total. The van der Waals surface area contributed by atoms with Crippen molar-refractivity contribution >= 4 is 5.57 Å². The molecule has 0 atom stereocenters. The molecule has 26 heavy (non-hydrogen) atoms. The van der Waals surface area contributed by atoms with Crippen LogP contribution in [0, 0.1) is 0 Å². The number of hydrogen-bond acceptors (Lipinski definition) is 2. The van der Waals surface area contributed by atoms with E-state index in [0.717, 1.165) is 41.0 Å². The predicted octanol–water partition coefficient (Wildman–Crippen LogP) is 6.91. The van der Waals surface area contributed by atoms with E-state index in [2.05, 4.69) is 64.1 Å². The molecule has 0 amide bonds. The Hall–Kier alpha value is -2.48. The molecule has 0 fully saturated rings. The van der Waals surface area contributed by atoms with Gasteiger partial charge in [0.25, 0.3) is 0 Å². The molecule has 2 rings (SSSR count). The quantitative estimate of drug-likeness (QED) is 0.505. The molecule has 0 saturated carbocycles. The average molecular weight is 351 g/mol. The van der Waals surface area contributed by atoms with E-state index in [0.29, 0.717) is 0 Å². The lowest BCUT2D eigenvalue weighted by Crippen LogP contribution is -1.98. The summed E-state index contributed by atoms with van der Waals surface area (Å²) in [6.45, 7) is 8.69. The Bertz CT molecular complexity index is 794. The molecule has 0 aliphatic rings. The highest BCUT2D eigenvalue weighted by Gasteiger charge is 2.16. The van der Waals surface area contributed by atoms with Gasteiger partial charge in [-0.05, 0) is 63.3 Å². The zero-order valence-corrected chi connectivity index (χ0v) is 16.8. The summed E-state index contributed by atoms with van der Waals surface area (Å²) in [5.74, 6) is 1.65. The lowest BCUT2D eigenvalue weighted by molar-refractivity contribution is 0.394. The van der Waals surface area contributed by atoms with Crippen LogP contribution in [0.15, 0.2) is 59.7 Å². The summed E-state index contributed by atoms with van der Waals surface area (Å²) >= 11 is 0. The molecule has 0 aliphatic carbocycles. The first-order chi connectivity index (χ1) is 12.5. The lowest BCUT2D eigenvalue weighted by atomic mass is 9.90. The summed E-state index contributed by atoms with van der Waals surface area (Å²) in [7, 11) is 3.41. The molecule has 0 unspecified atom stereocenters. The third-order valence-electron chi connectivity index (χ3n) is 4.70. The molecule has 138 valence electrons. The van der Waals surface area contributed by atoms with Gasteiger partial charge in [-0.3, -0.25) is 0 Å². The summed E-state index contributed by atoms with van der Waals surface area (Å²) in [5, 5.41) is 0. The number of allylic oxidation sites excluding steroid dienone is 4. The monoisotopic (exact) mass is 350 g/mol. The Kier molecular flexibility index (Phi) is 7.08. The van der Waals surface area contributed by atoms with Crippen LogP contribution in [0.1, 0.15) is 46.1 Å². The average Bonchev–Trinajstić information content (AvgIpc) is 2.66. The van der Waals surface area contributed by atoms with E-state index in [-0.39, 0.29) is 0 Å². The predicted molar refractivity (Wildman–Crippen MR) is 112 cm³/mol. The van der Waals surface area contributed by atoms with Gasteiger partial charge in [0.1, 0.15) is 11.5 Å². The smallest absolute Gasteiger partial charge is 0.130 e. The van der Waals surface area contributed by atoms with Crippen LogP contribution < -0.4 is 9.47 Å². The van der Waals surface area contributed by atoms with Crippen molar-refractivity contribution in [3.05, 3.63) is 65.3 Å². The fourth-order valence-electron chi connectivity index (χ4n) is 3.08. The highest BCUT2D eigenvalue weighted by Crippen LogP contribution is 2.41. The van der Waals surface area contributed by atoms with Crippen LogP contribution in [0.5, 0.6) is 11.5 Å². The van der Waals surface area contributed by atoms with Crippen LogP contribution in [0.25, 0.3) is 16.7 Å². The van der Waals surface area contributed by atoms with Gasteiger partial charge in [-0.1, -0.05) is 47.6 Å². The van der Waals surface area contributed by atoms with E-state index >= 15 is 0 Å². The first-order valence-electron chi connectivity index (χ1n) is 9.09. The maximum absolute atomic E-state index is 5.74. The highest BCUT2D eigenvalue weighted by molar-refractivity contribution is 5.86. The molecule has 2 aromatic carbocycles. The molecule has 2 heteroatoms. The van der Waals surface area contributed by atoms with Gasteiger partial charge in [0.2, 0.25) is 0 Å². The van der Waals surface area contributed by atoms with E-state index in [1.54, 1.807) is 14.2 Å². The second-order valence-electron chi connectivity index (χ2n) is 6.84. The SMILES string of the molecule is COc1cc(OC)c(C(C)=C(C)CCC=C(C)C)c(-c2ccccc2)c1. The largest absolute Gasteiger partial charge is 0.497 e. The third kappa shape index (κ3) is 4.78. The van der Waals surface area contributed by atoms with Gasteiger partial charge in [-0.2, -0.15) is 0 Å². The van der Waals surface area contributed by atoms with E-state index < -0.39 is 0 Å². The molecule has 0 radical (unpaired) electrons. The van der Waals surface area contributed by atoms with Crippen LogP contribution in [-0.4, -0.2) is 14.2 Å². The van der Waals surface area contributed by atoms with Gasteiger partial charge < -0.3 is 9.47 Å². The number of methoxy groups -OCH3 is 2. The van der Waals surface area contributed by atoms with Crippen LogP contribution in [0.2, 0.25) is 0 Å². The zero-order valence-electron chi connectivity index (χ0n) is 16.8. The molecular formula is C24H30O2. The minimum Gasteiger partial charge on any atom is -0.497 e. The van der Waals surface area contributed by atoms with Crippen molar-refractivity contribution < 1.29 is 9.47 Å². The van der Waals surface area contributed by atoms with Gasteiger partial charge in [0, 0.05) is 11.6 Å². The van der Waals surface area contributed by atoms with Crippen LogP contribution in [0.4, 0.5) is 0 Å². The molecule has 0 aliphatic heterocycles. The van der Waals surface area contributed by atoms with E-state index in [1.165, 1.54) is 16.7 Å². The molecular weight excluding hydrogens is 320 g/mol. The molecule has 0 saturated heterocycles. The standard InChI is InChI=1S/C24H30O2/c1-17(2)11-10-12-18(3)19(4)24-22(20-13-8-7-9-14-20)15-21(25-5)16-23(24)26-6/h7-9,11,13-16H,10,12H2,1-6H3.